The van der Waals surface area contributed by atoms with E-state index in [1.807, 2.05) is 16.9 Å². The third-order valence-corrected chi connectivity index (χ3v) is 11.3. The SMILES string of the molecule is CC[C@H]1CC[C@]2(C)C3CC[C@@]4(C)C(CCC4[C@@H](C)Cn4ccc(C#N)n4)[C@@H]3CC[C@@H]2C1. The van der Waals surface area contributed by atoms with E-state index in [9.17, 15) is 0 Å². The van der Waals surface area contributed by atoms with Crippen LogP contribution < -0.4 is 0 Å². The Labute approximate surface area is 190 Å². The van der Waals surface area contributed by atoms with Gasteiger partial charge in [-0.3, -0.25) is 4.68 Å². The molecule has 170 valence electrons. The lowest BCUT2D eigenvalue weighted by molar-refractivity contribution is -0.121. The molecule has 4 saturated carbocycles. The molecule has 0 aliphatic heterocycles. The first-order valence-electron chi connectivity index (χ1n) is 13.3. The van der Waals surface area contributed by atoms with Crippen molar-refractivity contribution in [2.45, 2.75) is 98.4 Å². The minimum Gasteiger partial charge on any atom is -0.271 e. The third kappa shape index (κ3) is 3.39. The summed E-state index contributed by atoms with van der Waals surface area (Å²) in [6.45, 7) is 11.2. The summed E-state index contributed by atoms with van der Waals surface area (Å²) in [5.41, 5.74) is 1.68. The highest BCUT2D eigenvalue weighted by molar-refractivity contribution is 5.16. The van der Waals surface area contributed by atoms with Gasteiger partial charge in [-0.15, -0.1) is 0 Å². The third-order valence-electron chi connectivity index (χ3n) is 11.3. The largest absolute Gasteiger partial charge is 0.271 e. The van der Waals surface area contributed by atoms with Crippen molar-refractivity contribution in [1.82, 2.24) is 9.78 Å². The first-order chi connectivity index (χ1) is 14.9. The van der Waals surface area contributed by atoms with Crippen LogP contribution in [0.4, 0.5) is 0 Å². The fraction of sp³-hybridized carbons (Fsp3) is 0.857. The van der Waals surface area contributed by atoms with Gasteiger partial charge in [0.2, 0.25) is 0 Å². The molecule has 0 N–H and O–H groups in total. The molecule has 1 heterocycles. The summed E-state index contributed by atoms with van der Waals surface area (Å²) in [7, 11) is 0. The van der Waals surface area contributed by atoms with E-state index in [1.54, 1.807) is 0 Å². The predicted molar refractivity (Wildman–Crippen MR) is 125 cm³/mol. The van der Waals surface area contributed by atoms with Crippen LogP contribution in [0.2, 0.25) is 0 Å². The van der Waals surface area contributed by atoms with Crippen molar-refractivity contribution in [3.63, 3.8) is 0 Å². The minimum absolute atomic E-state index is 0.510. The highest BCUT2D eigenvalue weighted by atomic mass is 15.3. The monoisotopic (exact) mass is 421 g/mol. The van der Waals surface area contributed by atoms with Crippen molar-refractivity contribution in [3.8, 4) is 6.07 Å². The van der Waals surface area contributed by atoms with Gasteiger partial charge in [-0.2, -0.15) is 10.4 Å². The van der Waals surface area contributed by atoms with Gasteiger partial charge in [-0.05, 0) is 116 Å². The van der Waals surface area contributed by atoms with Gasteiger partial charge in [0, 0.05) is 12.7 Å². The Bertz CT molecular complexity index is 836. The molecule has 1 aromatic heterocycles. The molecule has 4 aliphatic rings. The van der Waals surface area contributed by atoms with Gasteiger partial charge < -0.3 is 0 Å². The molecule has 5 rings (SSSR count). The van der Waals surface area contributed by atoms with Gasteiger partial charge in [0.05, 0.1) is 0 Å². The summed E-state index contributed by atoms with van der Waals surface area (Å²) >= 11 is 0. The Morgan fingerprint density at radius 2 is 1.87 bits per heavy atom. The Morgan fingerprint density at radius 1 is 1.10 bits per heavy atom. The summed E-state index contributed by atoms with van der Waals surface area (Å²) in [5, 5.41) is 13.6. The van der Waals surface area contributed by atoms with Crippen LogP contribution in [0.1, 0.15) is 97.6 Å². The highest BCUT2D eigenvalue weighted by Gasteiger charge is 2.60. The minimum atomic E-state index is 0.510. The van der Waals surface area contributed by atoms with E-state index >= 15 is 0 Å². The van der Waals surface area contributed by atoms with Gasteiger partial charge in [0.1, 0.15) is 6.07 Å². The Hall–Kier alpha value is -1.30. The second kappa shape index (κ2) is 7.93. The summed E-state index contributed by atoms with van der Waals surface area (Å²) in [5.74, 6) is 6.34. The standard InChI is InChI=1S/C28H43N3/c1-5-20-10-13-27(3)21(16-20)6-7-23-25-9-8-24(28(25,4)14-11-26(23)27)19(2)18-31-15-12-22(17-29)30-31/h12,15,19-21,23-26H,5-11,13-14,16,18H2,1-4H3/t19-,20-,21+,23-,24?,25?,26?,27-,28+/m0/s1. The number of hydrogen-bond donors (Lipinski definition) is 0. The predicted octanol–water partition coefficient (Wildman–Crippen LogP) is 7.08. The normalized spacial score (nSPS) is 45.3. The van der Waals surface area contributed by atoms with Crippen molar-refractivity contribution in [1.29, 1.82) is 5.26 Å². The van der Waals surface area contributed by atoms with Gasteiger partial charge in [0.25, 0.3) is 0 Å². The van der Waals surface area contributed by atoms with Crippen LogP contribution in [-0.4, -0.2) is 9.78 Å². The van der Waals surface area contributed by atoms with Crippen molar-refractivity contribution < 1.29 is 0 Å². The lowest BCUT2D eigenvalue weighted by Gasteiger charge is -2.61. The molecular weight excluding hydrogens is 378 g/mol. The zero-order valence-corrected chi connectivity index (χ0v) is 20.3. The Kier molecular flexibility index (Phi) is 5.51. The molecule has 4 fully saturated rings. The molecule has 0 spiro atoms. The van der Waals surface area contributed by atoms with Crippen LogP contribution in [0, 0.1) is 63.6 Å². The van der Waals surface area contributed by atoms with E-state index in [-0.39, 0.29) is 0 Å². The maximum Gasteiger partial charge on any atom is 0.162 e. The maximum atomic E-state index is 9.11. The number of nitriles is 1. The second-order valence-corrected chi connectivity index (χ2v) is 12.4. The van der Waals surface area contributed by atoms with E-state index in [0.29, 0.717) is 22.4 Å². The van der Waals surface area contributed by atoms with Crippen molar-refractivity contribution in [3.05, 3.63) is 18.0 Å². The Morgan fingerprint density at radius 3 is 2.61 bits per heavy atom. The Balaban J connectivity index is 1.32. The number of aromatic nitrogens is 2. The molecule has 0 radical (unpaired) electrons. The molecule has 4 aliphatic carbocycles. The second-order valence-electron chi connectivity index (χ2n) is 12.4. The van der Waals surface area contributed by atoms with Gasteiger partial charge in [-0.25, -0.2) is 0 Å². The molecule has 1 aromatic rings. The first-order valence-corrected chi connectivity index (χ1v) is 13.3. The van der Waals surface area contributed by atoms with E-state index in [2.05, 4.69) is 38.9 Å². The zero-order chi connectivity index (χ0) is 21.8. The van der Waals surface area contributed by atoms with Gasteiger partial charge >= 0.3 is 0 Å². The molecule has 0 saturated heterocycles. The zero-order valence-electron chi connectivity index (χ0n) is 20.3. The lowest BCUT2D eigenvalue weighted by Crippen LogP contribution is -2.53. The number of hydrogen-bond acceptors (Lipinski definition) is 2. The fourth-order valence-corrected chi connectivity index (χ4v) is 9.64. The van der Waals surface area contributed by atoms with Crippen LogP contribution in [0.3, 0.4) is 0 Å². The van der Waals surface area contributed by atoms with Crippen molar-refractivity contribution in [2.24, 2.45) is 52.3 Å². The first kappa shape index (κ1) is 21.5. The molecule has 0 aromatic carbocycles. The van der Waals surface area contributed by atoms with Crippen LogP contribution >= 0.6 is 0 Å². The lowest BCUT2D eigenvalue weighted by atomic mass is 9.44. The number of fused-ring (bicyclic) bond motifs is 5. The van der Waals surface area contributed by atoms with E-state index in [0.717, 1.165) is 42.1 Å². The van der Waals surface area contributed by atoms with Crippen molar-refractivity contribution in [2.75, 3.05) is 0 Å². The topological polar surface area (TPSA) is 41.6 Å². The summed E-state index contributed by atoms with van der Waals surface area (Å²) in [4.78, 5) is 0. The molecule has 3 unspecified atom stereocenters. The molecule has 0 bridgehead atoms. The quantitative estimate of drug-likeness (QED) is 0.521. The maximum absolute atomic E-state index is 9.11. The summed E-state index contributed by atoms with van der Waals surface area (Å²) in [6.07, 6.45) is 16.7. The molecule has 3 nitrogen and oxygen atoms in total. The van der Waals surface area contributed by atoms with Crippen molar-refractivity contribution >= 4 is 0 Å². The van der Waals surface area contributed by atoms with Crippen LogP contribution in [0.25, 0.3) is 0 Å². The van der Waals surface area contributed by atoms with E-state index in [1.165, 1.54) is 64.2 Å². The molecule has 0 amide bonds. The summed E-state index contributed by atoms with van der Waals surface area (Å²) < 4.78 is 2.02. The molecule has 31 heavy (non-hydrogen) atoms. The van der Waals surface area contributed by atoms with Crippen LogP contribution in [0.15, 0.2) is 12.3 Å². The van der Waals surface area contributed by atoms with Crippen LogP contribution in [-0.2, 0) is 6.54 Å². The van der Waals surface area contributed by atoms with Gasteiger partial charge in [0.15, 0.2) is 5.69 Å². The molecule has 3 heteroatoms. The number of nitrogens with zero attached hydrogens (tertiary/aromatic N) is 3. The summed E-state index contributed by atoms with van der Waals surface area (Å²) in [6, 6.07) is 4.03. The smallest absolute Gasteiger partial charge is 0.162 e. The van der Waals surface area contributed by atoms with E-state index in [4.69, 9.17) is 5.26 Å². The average Bonchev–Trinajstić information content (AvgIpc) is 3.36. The molecule has 9 atom stereocenters. The fourth-order valence-electron chi connectivity index (χ4n) is 9.64. The van der Waals surface area contributed by atoms with Gasteiger partial charge in [-0.1, -0.05) is 34.1 Å². The number of rotatable bonds is 4. The average molecular weight is 422 g/mol. The van der Waals surface area contributed by atoms with Crippen LogP contribution in [0.5, 0.6) is 0 Å². The van der Waals surface area contributed by atoms with E-state index < -0.39 is 0 Å². The molecular formula is C28H43N3. The highest BCUT2D eigenvalue weighted by Crippen LogP contribution is 2.68.